The number of hydrogen-bond donors (Lipinski definition) is 0. The van der Waals surface area contributed by atoms with Crippen LogP contribution in [0.15, 0.2) is 16.7 Å². The molecule has 1 amide bonds. The van der Waals surface area contributed by atoms with E-state index in [0.717, 1.165) is 6.07 Å². The number of halogens is 4. The minimum absolute atomic E-state index is 0.0145. The van der Waals surface area contributed by atoms with Crippen LogP contribution in [0, 0.1) is 11.2 Å². The van der Waals surface area contributed by atoms with E-state index in [1.807, 2.05) is 6.92 Å². The number of benzene rings is 1. The van der Waals surface area contributed by atoms with Gasteiger partial charge < -0.3 is 18.9 Å². The van der Waals surface area contributed by atoms with Crippen LogP contribution in [0.5, 0.6) is 5.75 Å². The van der Waals surface area contributed by atoms with Crippen molar-refractivity contribution in [2.45, 2.75) is 45.5 Å². The molecule has 0 spiro atoms. The Bertz CT molecular complexity index is 985. The molecule has 31 heavy (non-hydrogen) atoms. The first-order chi connectivity index (χ1) is 14.6. The van der Waals surface area contributed by atoms with E-state index in [0.29, 0.717) is 26.1 Å². The highest BCUT2D eigenvalue weighted by molar-refractivity contribution is 5.83. The van der Waals surface area contributed by atoms with Crippen LogP contribution in [0.3, 0.4) is 0 Å². The van der Waals surface area contributed by atoms with Crippen molar-refractivity contribution >= 4 is 5.91 Å². The molecule has 1 saturated heterocycles. The molecule has 2 aliphatic rings. The average Bonchev–Trinajstić information content (AvgIpc) is 3.16. The van der Waals surface area contributed by atoms with Crippen molar-refractivity contribution in [1.29, 1.82) is 0 Å². The van der Waals surface area contributed by atoms with Gasteiger partial charge in [0.25, 0.3) is 0 Å². The molecule has 0 aliphatic carbocycles. The van der Waals surface area contributed by atoms with E-state index in [9.17, 15) is 22.4 Å². The summed E-state index contributed by atoms with van der Waals surface area (Å²) < 4.78 is 68.5. The number of hydrogen-bond acceptors (Lipinski definition) is 6. The van der Waals surface area contributed by atoms with Crippen molar-refractivity contribution < 1.29 is 36.4 Å². The number of rotatable bonds is 2. The fourth-order valence-electron chi connectivity index (χ4n) is 3.76. The maximum absolute atomic E-state index is 15.0. The third-order valence-electron chi connectivity index (χ3n) is 5.80. The second kappa shape index (κ2) is 7.77. The molecule has 3 heterocycles. The largest absolute Gasteiger partial charge is 0.491 e. The lowest BCUT2D eigenvalue weighted by Gasteiger charge is -2.38. The zero-order chi connectivity index (χ0) is 22.4. The molecule has 168 valence electrons. The summed E-state index contributed by atoms with van der Waals surface area (Å²) in [5.74, 6) is -2.62. The molecule has 0 saturated carbocycles. The summed E-state index contributed by atoms with van der Waals surface area (Å²) in [6.45, 7) is 4.75. The molecule has 7 nitrogen and oxygen atoms in total. The highest BCUT2D eigenvalue weighted by Gasteiger charge is 2.41. The van der Waals surface area contributed by atoms with E-state index in [-0.39, 0.29) is 42.0 Å². The first kappa shape index (κ1) is 21.5. The molecule has 1 aromatic carbocycles. The number of alkyl halides is 3. The van der Waals surface area contributed by atoms with Gasteiger partial charge in [-0.3, -0.25) is 4.79 Å². The van der Waals surface area contributed by atoms with Gasteiger partial charge in [-0.25, -0.2) is 4.39 Å². The molecular weight excluding hydrogens is 422 g/mol. The minimum Gasteiger partial charge on any atom is -0.491 e. The van der Waals surface area contributed by atoms with Gasteiger partial charge in [-0.1, -0.05) is 12.1 Å². The van der Waals surface area contributed by atoms with Gasteiger partial charge in [-0.05, 0) is 31.9 Å². The average molecular weight is 443 g/mol. The molecule has 0 bridgehead atoms. The Morgan fingerprint density at radius 2 is 1.97 bits per heavy atom. The predicted octanol–water partition coefficient (Wildman–Crippen LogP) is 3.82. The van der Waals surface area contributed by atoms with E-state index >= 15 is 0 Å². The summed E-state index contributed by atoms with van der Waals surface area (Å²) in [6.07, 6.45) is -3.66. The first-order valence-corrected chi connectivity index (χ1v) is 9.84. The fraction of sp³-hybridized carbons (Fsp3) is 0.550. The second-order valence-corrected chi connectivity index (χ2v) is 8.12. The van der Waals surface area contributed by atoms with Crippen molar-refractivity contribution in [3.63, 3.8) is 0 Å². The summed E-state index contributed by atoms with van der Waals surface area (Å²) in [5, 5.41) is 3.29. The Balaban J connectivity index is 1.64. The molecule has 1 atom stereocenters. The van der Waals surface area contributed by atoms with Crippen molar-refractivity contribution in [3.8, 4) is 17.1 Å². The maximum Gasteiger partial charge on any atom is 0.471 e. The Kier molecular flexibility index (Phi) is 5.40. The van der Waals surface area contributed by atoms with Crippen molar-refractivity contribution in [1.82, 2.24) is 15.0 Å². The Labute approximate surface area is 175 Å². The van der Waals surface area contributed by atoms with Crippen molar-refractivity contribution in [2.24, 2.45) is 5.41 Å². The number of ether oxygens (including phenoxy) is 2. The first-order valence-electron chi connectivity index (χ1n) is 9.84. The minimum atomic E-state index is -4.80. The van der Waals surface area contributed by atoms with Crippen molar-refractivity contribution in [3.05, 3.63) is 29.4 Å². The highest BCUT2D eigenvalue weighted by Crippen LogP contribution is 2.37. The van der Waals surface area contributed by atoms with Crippen molar-refractivity contribution in [2.75, 3.05) is 19.8 Å². The monoisotopic (exact) mass is 443 g/mol. The predicted molar refractivity (Wildman–Crippen MR) is 98.4 cm³/mol. The Morgan fingerprint density at radius 3 is 2.61 bits per heavy atom. The smallest absolute Gasteiger partial charge is 0.471 e. The fourth-order valence-corrected chi connectivity index (χ4v) is 3.76. The summed E-state index contributed by atoms with van der Waals surface area (Å²) in [6, 6.07) is 2.05. The molecular formula is C20H21F4N3O4. The SMILES string of the molecule is C[C@H]1COc2cc(-c3noc(C(F)(F)F)n3)cc(F)c2CN1C(=O)C1(C)CCOCC1. The number of carbonyl (C=O) groups excluding carboxylic acids is 1. The zero-order valence-corrected chi connectivity index (χ0v) is 17.0. The Morgan fingerprint density at radius 1 is 1.26 bits per heavy atom. The van der Waals surface area contributed by atoms with Gasteiger partial charge in [0, 0.05) is 24.3 Å². The number of aromatic nitrogens is 2. The summed E-state index contributed by atoms with van der Waals surface area (Å²) >= 11 is 0. The lowest BCUT2D eigenvalue weighted by atomic mass is 9.80. The summed E-state index contributed by atoms with van der Waals surface area (Å²) in [5.41, 5.74) is -0.470. The van der Waals surface area contributed by atoms with Gasteiger partial charge in [0.05, 0.1) is 18.0 Å². The Hall–Kier alpha value is -2.69. The van der Waals surface area contributed by atoms with Gasteiger partial charge in [-0.15, -0.1) is 0 Å². The quantitative estimate of drug-likeness (QED) is 0.657. The molecule has 2 aromatic rings. The van der Waals surface area contributed by atoms with Crippen LogP contribution in [-0.4, -0.2) is 46.8 Å². The van der Waals surface area contributed by atoms with E-state index in [2.05, 4.69) is 14.7 Å². The van der Waals surface area contributed by atoms with E-state index < -0.39 is 29.1 Å². The molecule has 1 aromatic heterocycles. The van der Waals surface area contributed by atoms with Gasteiger partial charge >= 0.3 is 12.1 Å². The van der Waals surface area contributed by atoms with Crippen LogP contribution in [0.1, 0.15) is 38.1 Å². The van der Waals surface area contributed by atoms with Gasteiger partial charge in [0.2, 0.25) is 11.7 Å². The molecule has 0 unspecified atom stereocenters. The standard InChI is InChI=1S/C20H21F4N3O4/c1-11-10-30-15-8-12(16-25-17(31-26-16)20(22,23)24)7-14(21)13(15)9-27(11)18(28)19(2)3-5-29-6-4-19/h7-8,11H,3-6,9-10H2,1-2H3/t11-/m0/s1. The van der Waals surface area contributed by atoms with Gasteiger partial charge in [0.15, 0.2) is 0 Å². The van der Waals surface area contributed by atoms with Crippen LogP contribution < -0.4 is 4.74 Å². The van der Waals surface area contributed by atoms with E-state index in [4.69, 9.17) is 9.47 Å². The highest BCUT2D eigenvalue weighted by atomic mass is 19.4. The van der Waals surface area contributed by atoms with Crippen LogP contribution in [0.2, 0.25) is 0 Å². The number of fused-ring (bicyclic) bond motifs is 1. The van der Waals surface area contributed by atoms with Crippen LogP contribution >= 0.6 is 0 Å². The molecule has 1 fully saturated rings. The number of amides is 1. The van der Waals surface area contributed by atoms with E-state index in [1.54, 1.807) is 11.8 Å². The number of carbonyl (C=O) groups is 1. The molecule has 0 N–H and O–H groups in total. The van der Waals surface area contributed by atoms with Crippen LogP contribution in [0.4, 0.5) is 17.6 Å². The topological polar surface area (TPSA) is 77.7 Å². The summed E-state index contributed by atoms with van der Waals surface area (Å²) in [4.78, 5) is 18.2. The molecule has 2 aliphatic heterocycles. The molecule has 0 radical (unpaired) electrons. The zero-order valence-electron chi connectivity index (χ0n) is 17.0. The molecule has 4 rings (SSSR count). The van der Waals surface area contributed by atoms with Crippen LogP contribution in [-0.2, 0) is 22.3 Å². The van der Waals surface area contributed by atoms with E-state index in [1.165, 1.54) is 6.07 Å². The third kappa shape index (κ3) is 4.10. The second-order valence-electron chi connectivity index (χ2n) is 8.12. The lowest BCUT2D eigenvalue weighted by molar-refractivity contribution is -0.159. The summed E-state index contributed by atoms with van der Waals surface area (Å²) in [7, 11) is 0. The maximum atomic E-state index is 15.0. The van der Waals surface area contributed by atoms with Crippen LogP contribution in [0.25, 0.3) is 11.4 Å². The van der Waals surface area contributed by atoms with Gasteiger partial charge in [0.1, 0.15) is 18.2 Å². The third-order valence-corrected chi connectivity index (χ3v) is 5.80. The lowest BCUT2D eigenvalue weighted by Crippen LogP contribution is -2.49. The normalized spacial score (nSPS) is 21.2. The number of nitrogens with zero attached hydrogens (tertiary/aromatic N) is 3. The molecule has 11 heteroatoms. The van der Waals surface area contributed by atoms with Gasteiger partial charge in [-0.2, -0.15) is 18.2 Å².